The van der Waals surface area contributed by atoms with Gasteiger partial charge in [0.05, 0.1) is 16.3 Å². The van der Waals surface area contributed by atoms with Crippen LogP contribution in [0.15, 0.2) is 88.2 Å². The van der Waals surface area contributed by atoms with Crippen LogP contribution in [0.4, 0.5) is 4.39 Å². The minimum Gasteiger partial charge on any atom is -0.508 e. The first-order chi connectivity index (χ1) is 16.1. The predicted molar refractivity (Wildman–Crippen MR) is 127 cm³/mol. The van der Waals surface area contributed by atoms with Gasteiger partial charge in [-0.25, -0.2) is 9.38 Å². The van der Waals surface area contributed by atoms with Crippen molar-refractivity contribution < 1.29 is 9.50 Å². The van der Waals surface area contributed by atoms with E-state index < -0.39 is 0 Å². The van der Waals surface area contributed by atoms with Gasteiger partial charge in [0, 0.05) is 5.56 Å². The number of fused-ring (bicyclic) bond motifs is 3. The van der Waals surface area contributed by atoms with Crippen molar-refractivity contribution in [3.63, 3.8) is 0 Å². The highest BCUT2D eigenvalue weighted by molar-refractivity contribution is 7.07. The molecular formula is C27H19FN2O2S. The molecule has 4 aromatic rings. The number of phenols is 1. The first-order valence-corrected chi connectivity index (χ1v) is 11.6. The maximum absolute atomic E-state index is 13.7. The number of rotatable bonds is 2. The zero-order chi connectivity index (χ0) is 22.5. The Labute approximate surface area is 192 Å². The highest BCUT2D eigenvalue weighted by Crippen LogP contribution is 2.41. The summed E-state index contributed by atoms with van der Waals surface area (Å²) in [4.78, 5) is 19.2. The first-order valence-electron chi connectivity index (χ1n) is 10.8. The highest BCUT2D eigenvalue weighted by atomic mass is 32.1. The fourth-order valence-corrected chi connectivity index (χ4v) is 5.73. The van der Waals surface area contributed by atoms with E-state index in [-0.39, 0.29) is 23.2 Å². The van der Waals surface area contributed by atoms with Crippen molar-refractivity contribution in [1.82, 2.24) is 4.57 Å². The number of aromatic nitrogens is 1. The molecule has 0 saturated heterocycles. The minimum absolute atomic E-state index is 0.137. The second-order valence-corrected chi connectivity index (χ2v) is 9.27. The van der Waals surface area contributed by atoms with Gasteiger partial charge in [-0.3, -0.25) is 9.36 Å². The van der Waals surface area contributed by atoms with Gasteiger partial charge in [0.1, 0.15) is 11.6 Å². The predicted octanol–water partition coefficient (Wildman–Crippen LogP) is 4.16. The highest BCUT2D eigenvalue weighted by Gasteiger charge is 2.32. The number of halogens is 1. The van der Waals surface area contributed by atoms with Gasteiger partial charge in [0.15, 0.2) is 4.80 Å². The molecule has 6 rings (SSSR count). The van der Waals surface area contributed by atoms with Crippen LogP contribution >= 0.6 is 11.3 Å². The molecule has 0 bridgehead atoms. The molecule has 2 aliphatic rings. The lowest BCUT2D eigenvalue weighted by molar-refractivity contribution is 0.475. The van der Waals surface area contributed by atoms with E-state index in [4.69, 9.17) is 4.99 Å². The molecule has 1 unspecified atom stereocenters. The van der Waals surface area contributed by atoms with Crippen LogP contribution in [0.5, 0.6) is 5.75 Å². The number of aryl methyl sites for hydroxylation is 1. The normalized spacial score (nSPS) is 17.2. The van der Waals surface area contributed by atoms with Gasteiger partial charge in [-0.2, -0.15) is 0 Å². The zero-order valence-electron chi connectivity index (χ0n) is 17.5. The molecule has 0 spiro atoms. The van der Waals surface area contributed by atoms with Gasteiger partial charge >= 0.3 is 0 Å². The molecule has 33 heavy (non-hydrogen) atoms. The summed E-state index contributed by atoms with van der Waals surface area (Å²) < 4.78 is 16.0. The molecule has 6 heteroatoms. The molecule has 3 aromatic carbocycles. The summed E-state index contributed by atoms with van der Waals surface area (Å²) in [5, 5.41) is 9.81. The zero-order valence-corrected chi connectivity index (χ0v) is 18.3. The van der Waals surface area contributed by atoms with Gasteiger partial charge in [-0.1, -0.05) is 59.9 Å². The van der Waals surface area contributed by atoms with E-state index in [0.717, 1.165) is 40.8 Å². The number of benzene rings is 3. The van der Waals surface area contributed by atoms with E-state index in [9.17, 15) is 14.3 Å². The van der Waals surface area contributed by atoms with Crippen molar-refractivity contribution in [2.75, 3.05) is 0 Å². The molecule has 1 N–H and O–H groups in total. The van der Waals surface area contributed by atoms with Crippen molar-refractivity contribution in [3.8, 4) is 5.75 Å². The standard InChI is InChI=1S/C27H19FN2O2S/c28-19-11-8-18(9-12-19)25-22-13-10-17-5-1-2-7-21(17)24(22)29-27-30(25)26(32)23(33-27)15-16-4-3-6-20(31)14-16/h1-9,11-12,14-15,25,31H,10,13H2. The number of hydrogen-bond acceptors (Lipinski definition) is 4. The molecular weight excluding hydrogens is 435 g/mol. The Kier molecular flexibility index (Phi) is 4.62. The van der Waals surface area contributed by atoms with Crippen LogP contribution in [0.2, 0.25) is 0 Å². The summed E-state index contributed by atoms with van der Waals surface area (Å²) in [6.45, 7) is 0. The van der Waals surface area contributed by atoms with Crippen LogP contribution in [-0.2, 0) is 6.42 Å². The van der Waals surface area contributed by atoms with Gasteiger partial charge in [-0.05, 0) is 65.4 Å². The van der Waals surface area contributed by atoms with Crippen molar-refractivity contribution >= 4 is 23.1 Å². The summed E-state index contributed by atoms with van der Waals surface area (Å²) >= 11 is 1.33. The Hall–Kier alpha value is -3.77. The minimum atomic E-state index is -0.337. The number of aromatic hydroxyl groups is 1. The summed E-state index contributed by atoms with van der Waals surface area (Å²) in [5.41, 5.74) is 5.80. The lowest BCUT2D eigenvalue weighted by atomic mass is 9.83. The quantitative estimate of drug-likeness (QED) is 0.495. The van der Waals surface area contributed by atoms with Crippen molar-refractivity contribution in [1.29, 1.82) is 0 Å². The summed E-state index contributed by atoms with van der Waals surface area (Å²) in [7, 11) is 0. The molecule has 0 radical (unpaired) electrons. The Morgan fingerprint density at radius 3 is 2.67 bits per heavy atom. The third kappa shape index (κ3) is 3.34. The largest absolute Gasteiger partial charge is 0.508 e. The fourth-order valence-electron chi connectivity index (χ4n) is 4.73. The van der Waals surface area contributed by atoms with E-state index in [0.29, 0.717) is 9.33 Å². The van der Waals surface area contributed by atoms with Gasteiger partial charge in [-0.15, -0.1) is 0 Å². The molecule has 1 aliphatic carbocycles. The van der Waals surface area contributed by atoms with Gasteiger partial charge < -0.3 is 5.11 Å². The molecule has 1 atom stereocenters. The van der Waals surface area contributed by atoms with E-state index in [2.05, 4.69) is 12.1 Å². The first kappa shape index (κ1) is 19.9. The second kappa shape index (κ2) is 7.67. The fraction of sp³-hybridized carbons (Fsp3) is 0.111. The molecule has 1 aromatic heterocycles. The molecule has 0 saturated carbocycles. The topological polar surface area (TPSA) is 54.6 Å². The lowest BCUT2D eigenvalue weighted by Gasteiger charge is -2.30. The van der Waals surface area contributed by atoms with Crippen LogP contribution in [0, 0.1) is 5.82 Å². The Bertz CT molecular complexity index is 1610. The SMILES string of the molecule is O=c1c(=Cc2cccc(O)c2)sc2n1C(c1ccc(F)cc1)C1=C(N=2)c2ccccc2CC1. The van der Waals surface area contributed by atoms with Crippen molar-refractivity contribution in [2.45, 2.75) is 18.9 Å². The van der Waals surface area contributed by atoms with E-state index >= 15 is 0 Å². The Morgan fingerprint density at radius 1 is 1.03 bits per heavy atom. The molecule has 2 heterocycles. The smallest absolute Gasteiger partial charge is 0.271 e. The number of allylic oxidation sites excluding steroid dienone is 1. The summed E-state index contributed by atoms with van der Waals surface area (Å²) in [6.07, 6.45) is 3.44. The third-order valence-corrected chi connectivity index (χ3v) is 7.21. The lowest BCUT2D eigenvalue weighted by Crippen LogP contribution is -2.38. The molecule has 0 fully saturated rings. The Balaban J connectivity index is 1.63. The number of thiazole rings is 1. The van der Waals surface area contributed by atoms with E-state index in [1.54, 1.807) is 41.0 Å². The summed E-state index contributed by atoms with van der Waals surface area (Å²) in [5.74, 6) is -0.161. The van der Waals surface area contributed by atoms with Crippen molar-refractivity contribution in [2.24, 2.45) is 4.99 Å². The van der Waals surface area contributed by atoms with Crippen LogP contribution < -0.4 is 14.9 Å². The molecule has 0 amide bonds. The third-order valence-electron chi connectivity index (χ3n) is 6.23. The van der Waals surface area contributed by atoms with E-state index in [1.165, 1.54) is 29.0 Å². The monoisotopic (exact) mass is 454 g/mol. The average Bonchev–Trinajstić information content (AvgIpc) is 3.13. The number of nitrogens with zero attached hydrogens (tertiary/aromatic N) is 2. The van der Waals surface area contributed by atoms with Gasteiger partial charge in [0.25, 0.3) is 5.56 Å². The van der Waals surface area contributed by atoms with Crippen molar-refractivity contribution in [3.05, 3.63) is 126 Å². The second-order valence-electron chi connectivity index (χ2n) is 8.26. The molecule has 162 valence electrons. The Morgan fingerprint density at radius 2 is 1.85 bits per heavy atom. The molecule has 4 nitrogen and oxygen atoms in total. The van der Waals surface area contributed by atoms with Gasteiger partial charge in [0.2, 0.25) is 0 Å². The average molecular weight is 455 g/mol. The summed E-state index contributed by atoms with van der Waals surface area (Å²) in [6, 6.07) is 21.1. The van der Waals surface area contributed by atoms with Crippen LogP contribution in [0.1, 0.15) is 34.7 Å². The number of hydrogen-bond donors (Lipinski definition) is 1. The number of phenolic OH excluding ortho intramolecular Hbond substituents is 1. The molecule has 1 aliphatic heterocycles. The maximum atomic E-state index is 13.7. The van der Waals surface area contributed by atoms with Crippen LogP contribution in [0.3, 0.4) is 0 Å². The maximum Gasteiger partial charge on any atom is 0.271 e. The van der Waals surface area contributed by atoms with E-state index in [1.807, 2.05) is 18.2 Å². The van der Waals surface area contributed by atoms with Crippen LogP contribution in [0.25, 0.3) is 11.8 Å². The van der Waals surface area contributed by atoms with Crippen LogP contribution in [-0.4, -0.2) is 9.67 Å².